The summed E-state index contributed by atoms with van der Waals surface area (Å²) in [5.41, 5.74) is 6.62. The number of halogens is 1. The van der Waals surface area contributed by atoms with Gasteiger partial charge in [-0.25, -0.2) is 4.39 Å². The summed E-state index contributed by atoms with van der Waals surface area (Å²) in [7, 11) is 1.83. The molecule has 0 aliphatic rings. The zero-order valence-corrected chi connectivity index (χ0v) is 9.07. The van der Waals surface area contributed by atoms with Gasteiger partial charge in [-0.05, 0) is 26.1 Å². The maximum atomic E-state index is 13.4. The molecule has 0 radical (unpaired) electrons. The van der Waals surface area contributed by atoms with E-state index in [1.54, 1.807) is 12.1 Å². The predicted molar refractivity (Wildman–Crippen MR) is 58.8 cm³/mol. The average Bonchev–Trinajstić information content (AvgIpc) is 2.22. The highest BCUT2D eigenvalue weighted by molar-refractivity contribution is 5.47. The molecule has 0 saturated carbocycles. The van der Waals surface area contributed by atoms with Crippen LogP contribution in [0.3, 0.4) is 0 Å². The molecule has 0 spiro atoms. The number of hydrogen-bond donors (Lipinski definition) is 2. The molecule has 1 aromatic carbocycles. The molecule has 1 rings (SSSR count). The summed E-state index contributed by atoms with van der Waals surface area (Å²) in [6, 6.07) is 4.65. The number of rotatable bonds is 4. The van der Waals surface area contributed by atoms with Crippen LogP contribution in [0.15, 0.2) is 18.2 Å². The lowest BCUT2D eigenvalue weighted by Gasteiger charge is -2.23. The number of aliphatic hydroxyl groups is 1. The Balaban J connectivity index is 2.80. The minimum absolute atomic E-state index is 0.0102. The maximum absolute atomic E-state index is 13.4. The summed E-state index contributed by atoms with van der Waals surface area (Å²) in [6.45, 7) is 2.32. The van der Waals surface area contributed by atoms with Crippen LogP contribution in [0.2, 0.25) is 0 Å². The number of aliphatic hydroxyl groups excluding tert-OH is 1. The Labute approximate surface area is 89.3 Å². The second-order valence-corrected chi connectivity index (χ2v) is 3.75. The van der Waals surface area contributed by atoms with Crippen molar-refractivity contribution in [3.05, 3.63) is 29.6 Å². The average molecular weight is 212 g/mol. The number of hydrogen-bond acceptors (Lipinski definition) is 3. The van der Waals surface area contributed by atoms with E-state index in [0.717, 1.165) is 0 Å². The Morgan fingerprint density at radius 2 is 2.20 bits per heavy atom. The molecule has 0 fully saturated rings. The lowest BCUT2D eigenvalue weighted by molar-refractivity contribution is 0.153. The van der Waals surface area contributed by atoms with Crippen molar-refractivity contribution in [2.45, 2.75) is 19.5 Å². The van der Waals surface area contributed by atoms with Crippen molar-refractivity contribution in [1.29, 1.82) is 0 Å². The lowest BCUT2D eigenvalue weighted by Crippen LogP contribution is -2.32. The first-order valence-corrected chi connectivity index (χ1v) is 4.90. The van der Waals surface area contributed by atoms with Gasteiger partial charge in [-0.2, -0.15) is 0 Å². The fourth-order valence-corrected chi connectivity index (χ4v) is 1.29. The van der Waals surface area contributed by atoms with E-state index in [1.807, 2.05) is 18.9 Å². The van der Waals surface area contributed by atoms with Crippen molar-refractivity contribution in [1.82, 2.24) is 4.90 Å². The lowest BCUT2D eigenvalue weighted by atomic mass is 10.1. The van der Waals surface area contributed by atoms with E-state index >= 15 is 0 Å². The van der Waals surface area contributed by atoms with Crippen LogP contribution in [0.4, 0.5) is 10.1 Å². The smallest absolute Gasteiger partial charge is 0.129 e. The van der Waals surface area contributed by atoms with Gasteiger partial charge in [-0.3, -0.25) is 4.90 Å². The zero-order valence-electron chi connectivity index (χ0n) is 9.07. The largest absolute Gasteiger partial charge is 0.398 e. The van der Waals surface area contributed by atoms with Crippen molar-refractivity contribution in [2.75, 3.05) is 19.4 Å². The summed E-state index contributed by atoms with van der Waals surface area (Å²) in [5.74, 6) is -0.299. The Morgan fingerprint density at radius 1 is 1.53 bits per heavy atom. The molecule has 15 heavy (non-hydrogen) atoms. The summed E-state index contributed by atoms with van der Waals surface area (Å²) in [4.78, 5) is 1.86. The standard InChI is InChI=1S/C11H17FN2O/c1-8(7-15)14(2)6-9-10(12)4-3-5-11(9)13/h3-5,8,15H,6-7,13H2,1-2H3. The van der Waals surface area contributed by atoms with Crippen molar-refractivity contribution in [2.24, 2.45) is 0 Å². The summed E-state index contributed by atoms with van der Waals surface area (Å²) in [6.07, 6.45) is 0. The van der Waals surface area contributed by atoms with Gasteiger partial charge in [0.1, 0.15) is 5.82 Å². The summed E-state index contributed by atoms with van der Waals surface area (Å²) < 4.78 is 13.4. The van der Waals surface area contributed by atoms with Crippen LogP contribution in [-0.4, -0.2) is 29.7 Å². The first-order valence-electron chi connectivity index (χ1n) is 4.90. The molecule has 0 aliphatic heterocycles. The van der Waals surface area contributed by atoms with E-state index in [2.05, 4.69) is 0 Å². The van der Waals surface area contributed by atoms with E-state index in [1.165, 1.54) is 6.07 Å². The fourth-order valence-electron chi connectivity index (χ4n) is 1.29. The van der Waals surface area contributed by atoms with Crippen LogP contribution in [0, 0.1) is 5.82 Å². The van der Waals surface area contributed by atoms with Crippen molar-refractivity contribution >= 4 is 5.69 Å². The SMILES string of the molecule is CC(CO)N(C)Cc1c(N)cccc1F. The van der Waals surface area contributed by atoms with Gasteiger partial charge in [0.05, 0.1) is 6.61 Å². The second kappa shape index (κ2) is 5.09. The van der Waals surface area contributed by atoms with E-state index in [4.69, 9.17) is 10.8 Å². The van der Waals surface area contributed by atoms with Crippen LogP contribution in [0.1, 0.15) is 12.5 Å². The molecule has 4 heteroatoms. The molecule has 3 nitrogen and oxygen atoms in total. The third-order valence-corrected chi connectivity index (χ3v) is 2.58. The highest BCUT2D eigenvalue weighted by atomic mass is 19.1. The molecule has 0 heterocycles. The van der Waals surface area contributed by atoms with Gasteiger partial charge >= 0.3 is 0 Å². The van der Waals surface area contributed by atoms with E-state index in [9.17, 15) is 4.39 Å². The number of nitrogen functional groups attached to an aromatic ring is 1. The van der Waals surface area contributed by atoms with Gasteiger partial charge in [-0.15, -0.1) is 0 Å². The monoisotopic (exact) mass is 212 g/mol. The molecular formula is C11H17FN2O. The molecule has 0 aliphatic carbocycles. The Kier molecular flexibility index (Phi) is 4.05. The van der Waals surface area contributed by atoms with Gasteiger partial charge in [0.25, 0.3) is 0 Å². The zero-order chi connectivity index (χ0) is 11.4. The maximum Gasteiger partial charge on any atom is 0.129 e. The van der Waals surface area contributed by atoms with Gasteiger partial charge in [0.2, 0.25) is 0 Å². The molecule has 1 atom stereocenters. The van der Waals surface area contributed by atoms with Crippen LogP contribution in [0.5, 0.6) is 0 Å². The van der Waals surface area contributed by atoms with Crippen LogP contribution < -0.4 is 5.73 Å². The Hall–Kier alpha value is -1.13. The quantitative estimate of drug-likeness (QED) is 0.738. The molecule has 0 saturated heterocycles. The summed E-state index contributed by atoms with van der Waals surface area (Å²) >= 11 is 0. The van der Waals surface area contributed by atoms with E-state index in [0.29, 0.717) is 17.8 Å². The number of anilines is 1. The first kappa shape index (κ1) is 11.9. The molecular weight excluding hydrogens is 195 g/mol. The molecule has 0 aromatic heterocycles. The van der Waals surface area contributed by atoms with Crippen LogP contribution in [0.25, 0.3) is 0 Å². The van der Waals surface area contributed by atoms with Gasteiger partial charge in [-0.1, -0.05) is 6.07 Å². The van der Waals surface area contributed by atoms with Gasteiger partial charge < -0.3 is 10.8 Å². The molecule has 3 N–H and O–H groups in total. The highest BCUT2D eigenvalue weighted by Gasteiger charge is 2.12. The summed E-state index contributed by atoms with van der Waals surface area (Å²) in [5, 5.41) is 8.96. The topological polar surface area (TPSA) is 49.5 Å². The minimum Gasteiger partial charge on any atom is -0.398 e. The van der Waals surface area contributed by atoms with Gasteiger partial charge in [0.15, 0.2) is 0 Å². The van der Waals surface area contributed by atoms with Crippen LogP contribution in [-0.2, 0) is 6.54 Å². The fraction of sp³-hybridized carbons (Fsp3) is 0.455. The van der Waals surface area contributed by atoms with Crippen LogP contribution >= 0.6 is 0 Å². The second-order valence-electron chi connectivity index (χ2n) is 3.75. The Morgan fingerprint density at radius 3 is 2.73 bits per heavy atom. The number of likely N-dealkylation sites (N-methyl/N-ethyl adjacent to an activating group) is 1. The number of benzene rings is 1. The Bertz CT molecular complexity index is 310. The minimum atomic E-state index is -0.299. The van der Waals surface area contributed by atoms with Crippen molar-refractivity contribution < 1.29 is 9.50 Å². The highest BCUT2D eigenvalue weighted by Crippen LogP contribution is 2.17. The number of nitrogens with two attached hydrogens (primary N) is 1. The molecule has 1 aromatic rings. The molecule has 0 bridgehead atoms. The van der Waals surface area contributed by atoms with E-state index < -0.39 is 0 Å². The first-order chi connectivity index (χ1) is 7.06. The normalized spacial score (nSPS) is 13.1. The molecule has 1 unspecified atom stereocenters. The van der Waals surface area contributed by atoms with Gasteiger partial charge in [0, 0.05) is 23.8 Å². The third kappa shape index (κ3) is 2.91. The van der Waals surface area contributed by atoms with Crippen molar-refractivity contribution in [3.63, 3.8) is 0 Å². The van der Waals surface area contributed by atoms with E-state index in [-0.39, 0.29) is 18.5 Å². The van der Waals surface area contributed by atoms with Crippen molar-refractivity contribution in [3.8, 4) is 0 Å². The molecule has 0 amide bonds. The number of nitrogens with zero attached hydrogens (tertiary/aromatic N) is 1. The predicted octanol–water partition coefficient (Wildman–Crippen LogP) is 1.22. The molecule has 84 valence electrons. The third-order valence-electron chi connectivity index (χ3n) is 2.58.